The van der Waals surface area contributed by atoms with Gasteiger partial charge in [0.1, 0.15) is 4.99 Å². The normalized spacial score (nSPS) is 10.8. The highest BCUT2D eigenvalue weighted by atomic mass is 32.1. The van der Waals surface area contributed by atoms with Crippen LogP contribution < -0.4 is 16.4 Å². The number of hydrogen-bond acceptors (Lipinski definition) is 5. The number of nitrogens with two attached hydrogens (primary N) is 1. The minimum Gasteiger partial charge on any atom is -0.389 e. The van der Waals surface area contributed by atoms with Gasteiger partial charge in [0, 0.05) is 13.6 Å². The summed E-state index contributed by atoms with van der Waals surface area (Å²) in [5.74, 6) is 0.428. The lowest BCUT2D eigenvalue weighted by atomic mass is 9.92. The van der Waals surface area contributed by atoms with E-state index in [1.807, 2.05) is 13.8 Å². The molecule has 0 atom stereocenters. The van der Waals surface area contributed by atoms with Crippen LogP contribution in [0.5, 0.6) is 0 Å². The third-order valence-electron chi connectivity index (χ3n) is 2.53. The van der Waals surface area contributed by atoms with Gasteiger partial charge in [0.25, 0.3) is 0 Å². The largest absolute Gasteiger partial charge is 0.389 e. The van der Waals surface area contributed by atoms with Gasteiger partial charge in [-0.1, -0.05) is 12.2 Å². The van der Waals surface area contributed by atoms with Crippen molar-refractivity contribution >= 4 is 28.9 Å². The fraction of sp³-hybridized carbons (Fsp3) is 0.455. The molecule has 18 heavy (non-hydrogen) atoms. The highest BCUT2D eigenvalue weighted by molar-refractivity contribution is 7.80. The summed E-state index contributed by atoms with van der Waals surface area (Å²) in [6, 6.07) is 1.69. The van der Waals surface area contributed by atoms with Gasteiger partial charge in [-0.3, -0.25) is 4.79 Å². The summed E-state index contributed by atoms with van der Waals surface area (Å²) in [6.45, 7) is 4.06. The summed E-state index contributed by atoms with van der Waals surface area (Å²) in [4.78, 5) is 11.9. The van der Waals surface area contributed by atoms with Crippen molar-refractivity contribution in [2.45, 2.75) is 13.8 Å². The number of rotatable bonds is 5. The van der Waals surface area contributed by atoms with E-state index in [0.29, 0.717) is 17.9 Å². The minimum atomic E-state index is -0.570. The van der Waals surface area contributed by atoms with E-state index in [2.05, 4.69) is 20.8 Å². The summed E-state index contributed by atoms with van der Waals surface area (Å²) in [5, 5.41) is 13.4. The van der Waals surface area contributed by atoms with Crippen molar-refractivity contribution < 1.29 is 4.79 Å². The van der Waals surface area contributed by atoms with E-state index in [4.69, 9.17) is 18.0 Å². The lowest BCUT2D eigenvalue weighted by molar-refractivity contribution is -0.128. The second kappa shape index (κ2) is 5.72. The molecule has 98 valence electrons. The number of amides is 1. The molecule has 0 unspecified atom stereocenters. The number of nitrogens with zero attached hydrogens (tertiary/aromatic N) is 2. The van der Waals surface area contributed by atoms with Gasteiger partial charge >= 0.3 is 0 Å². The molecule has 0 radical (unpaired) electrons. The van der Waals surface area contributed by atoms with Crippen LogP contribution in [0.2, 0.25) is 0 Å². The Bertz CT molecular complexity index is 461. The molecular weight excluding hydrogens is 250 g/mol. The maximum atomic E-state index is 11.6. The number of aromatic nitrogens is 2. The minimum absolute atomic E-state index is 0.0595. The van der Waals surface area contributed by atoms with Crippen LogP contribution in [-0.2, 0) is 4.79 Å². The van der Waals surface area contributed by atoms with Gasteiger partial charge in [0.15, 0.2) is 5.82 Å². The summed E-state index contributed by atoms with van der Waals surface area (Å²) >= 11 is 4.92. The number of hydrogen-bond donors (Lipinski definition) is 3. The molecule has 0 saturated heterocycles. The van der Waals surface area contributed by atoms with Gasteiger partial charge in [-0.15, -0.1) is 5.10 Å². The van der Waals surface area contributed by atoms with Crippen molar-refractivity contribution in [2.24, 2.45) is 11.1 Å². The standard InChI is InChI=1S/C11H17N5OS/c1-11(2,10(17)13-3)6-14-9-7(8(12)18)4-5-15-16-9/h4-5H,6H2,1-3H3,(H2,12,18)(H,13,17)(H,14,16). The van der Waals surface area contributed by atoms with Crippen molar-refractivity contribution in [1.29, 1.82) is 0 Å². The zero-order valence-electron chi connectivity index (χ0n) is 10.7. The topological polar surface area (TPSA) is 92.9 Å². The lowest BCUT2D eigenvalue weighted by Gasteiger charge is -2.23. The van der Waals surface area contributed by atoms with Crippen LogP contribution in [0.4, 0.5) is 5.82 Å². The Hall–Kier alpha value is -1.76. The fourth-order valence-corrected chi connectivity index (χ4v) is 1.55. The van der Waals surface area contributed by atoms with E-state index >= 15 is 0 Å². The molecule has 0 fully saturated rings. The Morgan fingerprint density at radius 3 is 2.78 bits per heavy atom. The Balaban J connectivity index is 2.81. The highest BCUT2D eigenvalue weighted by Gasteiger charge is 2.26. The number of thiocarbonyl (C=S) groups is 1. The average Bonchev–Trinajstić information content (AvgIpc) is 2.35. The highest BCUT2D eigenvalue weighted by Crippen LogP contribution is 2.17. The quantitative estimate of drug-likeness (QED) is 0.664. The van der Waals surface area contributed by atoms with Crippen LogP contribution in [0, 0.1) is 5.41 Å². The molecule has 1 aromatic heterocycles. The Morgan fingerprint density at radius 1 is 1.56 bits per heavy atom. The molecule has 0 aliphatic rings. The molecule has 1 rings (SSSR count). The molecule has 1 heterocycles. The third-order valence-corrected chi connectivity index (χ3v) is 2.75. The maximum Gasteiger partial charge on any atom is 0.227 e. The van der Waals surface area contributed by atoms with Gasteiger partial charge in [0.2, 0.25) is 5.91 Å². The van der Waals surface area contributed by atoms with E-state index in [9.17, 15) is 4.79 Å². The van der Waals surface area contributed by atoms with Crippen LogP contribution in [0.1, 0.15) is 19.4 Å². The van der Waals surface area contributed by atoms with Crippen molar-refractivity contribution in [3.63, 3.8) is 0 Å². The molecule has 0 aliphatic carbocycles. The summed E-state index contributed by atoms with van der Waals surface area (Å²) < 4.78 is 0. The Kier molecular flexibility index (Phi) is 4.55. The number of carbonyl (C=O) groups is 1. The van der Waals surface area contributed by atoms with Gasteiger partial charge in [0.05, 0.1) is 17.2 Å². The van der Waals surface area contributed by atoms with E-state index in [0.717, 1.165) is 0 Å². The molecule has 1 amide bonds. The van der Waals surface area contributed by atoms with Gasteiger partial charge < -0.3 is 16.4 Å². The monoisotopic (exact) mass is 267 g/mol. The fourth-order valence-electron chi connectivity index (χ4n) is 1.38. The first kappa shape index (κ1) is 14.3. The van der Waals surface area contributed by atoms with Crippen molar-refractivity contribution in [3.05, 3.63) is 17.8 Å². The molecule has 0 bridgehead atoms. The molecule has 0 spiro atoms. The van der Waals surface area contributed by atoms with E-state index in [1.54, 1.807) is 13.1 Å². The van der Waals surface area contributed by atoms with Crippen molar-refractivity contribution in [2.75, 3.05) is 18.9 Å². The van der Waals surface area contributed by atoms with Gasteiger partial charge in [-0.25, -0.2) is 0 Å². The smallest absolute Gasteiger partial charge is 0.227 e. The van der Waals surface area contributed by atoms with Crippen LogP contribution in [-0.4, -0.2) is 34.7 Å². The maximum absolute atomic E-state index is 11.6. The molecule has 7 heteroatoms. The predicted octanol–water partition coefficient (Wildman–Crippen LogP) is 0.295. The van der Waals surface area contributed by atoms with E-state index < -0.39 is 5.41 Å². The average molecular weight is 267 g/mol. The molecule has 0 aliphatic heterocycles. The van der Waals surface area contributed by atoms with Crippen LogP contribution >= 0.6 is 12.2 Å². The van der Waals surface area contributed by atoms with Gasteiger partial charge in [-0.05, 0) is 19.9 Å². The van der Waals surface area contributed by atoms with Crippen LogP contribution in [0.15, 0.2) is 12.3 Å². The second-order valence-electron chi connectivity index (χ2n) is 4.47. The first-order valence-corrected chi connectivity index (χ1v) is 5.87. The zero-order chi connectivity index (χ0) is 13.8. The lowest BCUT2D eigenvalue weighted by Crippen LogP contribution is -2.39. The summed E-state index contributed by atoms with van der Waals surface area (Å²) in [5.41, 5.74) is 5.63. The molecule has 0 aromatic carbocycles. The SMILES string of the molecule is CNC(=O)C(C)(C)CNc1nnccc1C(N)=S. The predicted molar refractivity (Wildman–Crippen MR) is 74.3 cm³/mol. The number of carbonyl (C=O) groups excluding carboxylic acids is 1. The van der Waals surface area contributed by atoms with Crippen molar-refractivity contribution in [3.8, 4) is 0 Å². The zero-order valence-corrected chi connectivity index (χ0v) is 11.5. The number of nitrogens with one attached hydrogen (secondary N) is 2. The van der Waals surface area contributed by atoms with Crippen molar-refractivity contribution in [1.82, 2.24) is 15.5 Å². The van der Waals surface area contributed by atoms with E-state index in [1.165, 1.54) is 6.20 Å². The summed E-state index contributed by atoms with van der Waals surface area (Å²) in [7, 11) is 1.60. The second-order valence-corrected chi connectivity index (χ2v) is 4.91. The van der Waals surface area contributed by atoms with E-state index in [-0.39, 0.29) is 10.9 Å². The molecule has 1 aromatic rings. The van der Waals surface area contributed by atoms with Crippen LogP contribution in [0.3, 0.4) is 0 Å². The van der Waals surface area contributed by atoms with Crippen LogP contribution in [0.25, 0.3) is 0 Å². The third kappa shape index (κ3) is 3.36. The Morgan fingerprint density at radius 2 is 2.22 bits per heavy atom. The Labute approximate surface area is 111 Å². The summed E-state index contributed by atoms with van der Waals surface area (Å²) in [6.07, 6.45) is 1.52. The molecule has 0 saturated carbocycles. The first-order valence-electron chi connectivity index (χ1n) is 5.46. The van der Waals surface area contributed by atoms with Gasteiger partial charge in [-0.2, -0.15) is 5.10 Å². The molecular formula is C11H17N5OS. The first-order chi connectivity index (χ1) is 8.38. The number of anilines is 1. The molecule has 6 nitrogen and oxygen atoms in total. The molecule has 4 N–H and O–H groups in total.